The van der Waals surface area contributed by atoms with E-state index in [0.717, 1.165) is 26.8 Å². The van der Waals surface area contributed by atoms with Crippen molar-refractivity contribution in [1.29, 1.82) is 0 Å². The maximum atomic E-state index is 12.4. The molecule has 0 saturated carbocycles. The summed E-state index contributed by atoms with van der Waals surface area (Å²) in [7, 11) is 0. The molecule has 0 atom stereocenters. The lowest BCUT2D eigenvalue weighted by atomic mass is 10.1. The molecule has 1 heterocycles. The number of carbonyl (C=O) groups excluding carboxylic acids is 1. The van der Waals surface area contributed by atoms with Crippen LogP contribution in [0, 0.1) is 6.92 Å². The van der Waals surface area contributed by atoms with Gasteiger partial charge in [0.25, 0.3) is 5.91 Å². The summed E-state index contributed by atoms with van der Waals surface area (Å²) in [5.41, 5.74) is 3.52. The van der Waals surface area contributed by atoms with Crippen molar-refractivity contribution in [2.45, 2.75) is 11.8 Å². The summed E-state index contributed by atoms with van der Waals surface area (Å²) < 4.78 is 0. The zero-order valence-electron chi connectivity index (χ0n) is 12.9. The van der Waals surface area contributed by atoms with Gasteiger partial charge in [-0.2, -0.15) is 0 Å². The van der Waals surface area contributed by atoms with Gasteiger partial charge >= 0.3 is 0 Å². The zero-order chi connectivity index (χ0) is 16.2. The van der Waals surface area contributed by atoms with Crippen LogP contribution >= 0.6 is 23.1 Å². The van der Waals surface area contributed by atoms with Gasteiger partial charge in [-0.15, -0.1) is 23.1 Å². The van der Waals surface area contributed by atoms with Crippen molar-refractivity contribution in [3.05, 3.63) is 65.2 Å². The van der Waals surface area contributed by atoms with Gasteiger partial charge in [-0.05, 0) is 37.4 Å². The fraction of sp³-hybridized carbons (Fsp3) is 0.111. The smallest absolute Gasteiger partial charge is 0.255 e. The lowest BCUT2D eigenvalue weighted by molar-refractivity contribution is 0.102. The Hall–Kier alpha value is -2.11. The van der Waals surface area contributed by atoms with Crippen LogP contribution in [0.25, 0.3) is 10.6 Å². The van der Waals surface area contributed by atoms with Crippen molar-refractivity contribution in [1.82, 2.24) is 4.98 Å². The number of aryl methyl sites for hydroxylation is 1. The number of thioether (sulfide) groups is 1. The standard InChI is InChI=1S/C18H16N2OS2/c1-12-11-23-18(19-12)14-9-7-13(8-10-14)17(21)20-15-5-3-4-6-16(15)22-2/h3-11H,1-2H3,(H,20,21). The number of nitrogens with zero attached hydrogens (tertiary/aromatic N) is 1. The van der Waals surface area contributed by atoms with Gasteiger partial charge in [0.2, 0.25) is 0 Å². The van der Waals surface area contributed by atoms with Gasteiger partial charge < -0.3 is 5.32 Å². The van der Waals surface area contributed by atoms with E-state index in [1.807, 2.05) is 67.1 Å². The van der Waals surface area contributed by atoms with Crippen molar-refractivity contribution in [2.24, 2.45) is 0 Å². The largest absolute Gasteiger partial charge is 0.321 e. The highest BCUT2D eigenvalue weighted by Gasteiger charge is 2.09. The molecule has 0 aliphatic heterocycles. The Kier molecular flexibility index (Phi) is 4.79. The molecule has 1 N–H and O–H groups in total. The molecule has 2 aromatic carbocycles. The van der Waals surface area contributed by atoms with Crippen LogP contribution in [0.3, 0.4) is 0 Å². The van der Waals surface area contributed by atoms with E-state index in [4.69, 9.17) is 0 Å². The summed E-state index contributed by atoms with van der Waals surface area (Å²) in [6.07, 6.45) is 2.00. The van der Waals surface area contributed by atoms with E-state index in [1.165, 1.54) is 0 Å². The number of rotatable bonds is 4. The van der Waals surface area contributed by atoms with Crippen LogP contribution < -0.4 is 5.32 Å². The van der Waals surface area contributed by atoms with E-state index in [1.54, 1.807) is 23.1 Å². The molecule has 0 saturated heterocycles. The first-order valence-corrected chi connectivity index (χ1v) is 9.25. The van der Waals surface area contributed by atoms with Gasteiger partial charge in [0.15, 0.2) is 0 Å². The van der Waals surface area contributed by atoms with Crippen LogP contribution in [0.1, 0.15) is 16.1 Å². The Balaban J connectivity index is 1.78. The van der Waals surface area contributed by atoms with Gasteiger partial charge in [-0.3, -0.25) is 4.79 Å². The van der Waals surface area contributed by atoms with Gasteiger partial charge in [0.05, 0.1) is 5.69 Å². The highest BCUT2D eigenvalue weighted by atomic mass is 32.2. The number of anilines is 1. The quantitative estimate of drug-likeness (QED) is 0.672. The molecule has 0 aliphatic carbocycles. The molecule has 1 aromatic heterocycles. The lowest BCUT2D eigenvalue weighted by Gasteiger charge is -2.09. The number of hydrogen-bond acceptors (Lipinski definition) is 4. The number of para-hydroxylation sites is 1. The number of amides is 1. The molecule has 3 nitrogen and oxygen atoms in total. The summed E-state index contributed by atoms with van der Waals surface area (Å²) in [4.78, 5) is 17.9. The number of aromatic nitrogens is 1. The predicted molar refractivity (Wildman–Crippen MR) is 98.5 cm³/mol. The minimum Gasteiger partial charge on any atom is -0.321 e. The Morgan fingerprint density at radius 1 is 1.13 bits per heavy atom. The van der Waals surface area contributed by atoms with Crippen molar-refractivity contribution in [2.75, 3.05) is 11.6 Å². The topological polar surface area (TPSA) is 42.0 Å². The zero-order valence-corrected chi connectivity index (χ0v) is 14.5. The van der Waals surface area contributed by atoms with Crippen molar-refractivity contribution in [3.63, 3.8) is 0 Å². The van der Waals surface area contributed by atoms with E-state index in [0.29, 0.717) is 5.56 Å². The summed E-state index contributed by atoms with van der Waals surface area (Å²) >= 11 is 3.22. The second-order valence-corrected chi connectivity index (χ2v) is 6.73. The Labute approximate surface area is 143 Å². The molecule has 5 heteroatoms. The average Bonchev–Trinajstić information content (AvgIpc) is 3.02. The van der Waals surface area contributed by atoms with Gasteiger partial charge in [0.1, 0.15) is 5.01 Å². The molecule has 1 amide bonds. The number of nitrogens with one attached hydrogen (secondary N) is 1. The highest BCUT2D eigenvalue weighted by Crippen LogP contribution is 2.26. The third-order valence-corrected chi connectivity index (χ3v) is 5.17. The van der Waals surface area contributed by atoms with Crippen LogP contribution in [0.4, 0.5) is 5.69 Å². The monoisotopic (exact) mass is 340 g/mol. The Morgan fingerprint density at radius 2 is 1.87 bits per heavy atom. The first-order valence-electron chi connectivity index (χ1n) is 7.14. The fourth-order valence-electron chi connectivity index (χ4n) is 2.19. The molecule has 3 aromatic rings. The SMILES string of the molecule is CSc1ccccc1NC(=O)c1ccc(-c2nc(C)cs2)cc1. The minimum absolute atomic E-state index is 0.103. The molecule has 3 rings (SSSR count). The average molecular weight is 340 g/mol. The molecular formula is C18H16N2OS2. The van der Waals surface area contributed by atoms with Crippen LogP contribution in [-0.4, -0.2) is 17.1 Å². The van der Waals surface area contributed by atoms with Gasteiger partial charge in [0, 0.05) is 27.1 Å². The van der Waals surface area contributed by atoms with E-state index < -0.39 is 0 Å². The Bertz CT molecular complexity index is 825. The molecule has 23 heavy (non-hydrogen) atoms. The van der Waals surface area contributed by atoms with E-state index >= 15 is 0 Å². The van der Waals surface area contributed by atoms with E-state index in [9.17, 15) is 4.79 Å². The molecule has 0 spiro atoms. The third kappa shape index (κ3) is 3.63. The molecular weight excluding hydrogens is 324 g/mol. The number of benzene rings is 2. The van der Waals surface area contributed by atoms with E-state index in [2.05, 4.69) is 10.3 Å². The fourth-order valence-corrected chi connectivity index (χ4v) is 3.55. The van der Waals surface area contributed by atoms with Gasteiger partial charge in [-0.1, -0.05) is 24.3 Å². The molecule has 116 valence electrons. The lowest BCUT2D eigenvalue weighted by Crippen LogP contribution is -2.12. The Morgan fingerprint density at radius 3 is 2.52 bits per heavy atom. The molecule has 0 unspecified atom stereocenters. The minimum atomic E-state index is -0.103. The van der Waals surface area contributed by atoms with Gasteiger partial charge in [-0.25, -0.2) is 4.98 Å². The first kappa shape index (κ1) is 15.8. The third-order valence-electron chi connectivity index (χ3n) is 3.37. The number of thiazole rings is 1. The van der Waals surface area contributed by atoms with Crippen LogP contribution in [0.5, 0.6) is 0 Å². The second-order valence-electron chi connectivity index (χ2n) is 5.03. The van der Waals surface area contributed by atoms with E-state index in [-0.39, 0.29) is 5.91 Å². The normalized spacial score (nSPS) is 10.5. The van der Waals surface area contributed by atoms with Crippen LogP contribution in [0.2, 0.25) is 0 Å². The van der Waals surface area contributed by atoms with Crippen LogP contribution in [0.15, 0.2) is 58.8 Å². The van der Waals surface area contributed by atoms with Crippen molar-refractivity contribution < 1.29 is 4.79 Å². The first-order chi connectivity index (χ1) is 11.2. The molecule has 0 fully saturated rings. The highest BCUT2D eigenvalue weighted by molar-refractivity contribution is 7.98. The molecule has 0 aliphatic rings. The number of hydrogen-bond donors (Lipinski definition) is 1. The summed E-state index contributed by atoms with van der Waals surface area (Å²) in [6, 6.07) is 15.3. The molecule has 0 bridgehead atoms. The predicted octanol–water partition coefficient (Wildman–Crippen LogP) is 5.09. The maximum absolute atomic E-state index is 12.4. The van der Waals surface area contributed by atoms with Crippen molar-refractivity contribution >= 4 is 34.7 Å². The summed E-state index contributed by atoms with van der Waals surface area (Å²) in [5.74, 6) is -0.103. The summed E-state index contributed by atoms with van der Waals surface area (Å²) in [6.45, 7) is 1.98. The summed E-state index contributed by atoms with van der Waals surface area (Å²) in [5, 5.41) is 5.97. The van der Waals surface area contributed by atoms with Crippen molar-refractivity contribution in [3.8, 4) is 10.6 Å². The number of carbonyl (C=O) groups is 1. The molecule has 0 radical (unpaired) electrons. The maximum Gasteiger partial charge on any atom is 0.255 e. The van der Waals surface area contributed by atoms with Crippen LogP contribution in [-0.2, 0) is 0 Å². The second kappa shape index (κ2) is 6.98.